The number of ether oxygens (including phenoxy) is 1. The van der Waals surface area contributed by atoms with Crippen LogP contribution in [0.25, 0.3) is 0 Å². The maximum absolute atomic E-state index is 12.2. The Labute approximate surface area is 107 Å². The molecule has 1 fully saturated rings. The van der Waals surface area contributed by atoms with E-state index in [1.807, 2.05) is 38.1 Å². The van der Waals surface area contributed by atoms with Crippen LogP contribution in [0.4, 0.5) is 0 Å². The summed E-state index contributed by atoms with van der Waals surface area (Å²) in [6.07, 6.45) is 2.72. The summed E-state index contributed by atoms with van der Waals surface area (Å²) < 4.78 is 5.37. The van der Waals surface area contributed by atoms with Gasteiger partial charge >= 0.3 is 5.97 Å². The Morgan fingerprint density at radius 2 is 2.12 bits per heavy atom. The fourth-order valence-electron chi connectivity index (χ4n) is 2.25. The minimum absolute atomic E-state index is 0.0702. The van der Waals surface area contributed by atoms with Crippen molar-refractivity contribution < 1.29 is 9.53 Å². The molecular formula is C14H17ClO2. The predicted octanol–water partition coefficient (Wildman–Crippen LogP) is 3.71. The lowest BCUT2D eigenvalue weighted by Crippen LogP contribution is -2.44. The lowest BCUT2D eigenvalue weighted by Gasteiger charge is -2.40. The van der Waals surface area contributed by atoms with Crippen LogP contribution in [0.3, 0.4) is 0 Å². The molecule has 0 unspecified atom stereocenters. The van der Waals surface area contributed by atoms with Crippen molar-refractivity contribution in [1.29, 1.82) is 0 Å². The Hall–Kier alpha value is -1.02. The van der Waals surface area contributed by atoms with Crippen LogP contribution < -0.4 is 0 Å². The molecule has 1 aliphatic carbocycles. The van der Waals surface area contributed by atoms with Gasteiger partial charge in [-0.1, -0.05) is 30.2 Å². The molecule has 92 valence electrons. The molecule has 0 spiro atoms. The number of carbonyl (C=O) groups excluding carboxylic acids is 1. The molecule has 0 bridgehead atoms. The zero-order chi connectivity index (χ0) is 12.5. The fourth-order valence-corrected chi connectivity index (χ4v) is 2.44. The van der Waals surface area contributed by atoms with E-state index in [1.165, 1.54) is 0 Å². The average molecular weight is 253 g/mol. The molecule has 0 amide bonds. The Balaban J connectivity index is 2.28. The van der Waals surface area contributed by atoms with E-state index in [2.05, 4.69) is 0 Å². The van der Waals surface area contributed by atoms with Gasteiger partial charge in [0.25, 0.3) is 0 Å². The van der Waals surface area contributed by atoms with Crippen molar-refractivity contribution in [2.45, 2.75) is 44.6 Å². The predicted molar refractivity (Wildman–Crippen MR) is 68.2 cm³/mol. The number of hydrogen-bond donors (Lipinski definition) is 0. The van der Waals surface area contributed by atoms with E-state index in [0.29, 0.717) is 5.02 Å². The van der Waals surface area contributed by atoms with Crippen molar-refractivity contribution in [3.05, 3.63) is 34.9 Å². The van der Waals surface area contributed by atoms with Crippen molar-refractivity contribution in [3.8, 4) is 0 Å². The zero-order valence-corrected chi connectivity index (χ0v) is 11.0. The molecule has 0 aliphatic heterocycles. The van der Waals surface area contributed by atoms with E-state index in [1.54, 1.807) is 0 Å². The number of halogens is 1. The third kappa shape index (κ3) is 2.32. The van der Waals surface area contributed by atoms with E-state index in [4.69, 9.17) is 16.3 Å². The van der Waals surface area contributed by atoms with Crippen molar-refractivity contribution in [2.75, 3.05) is 0 Å². The highest BCUT2D eigenvalue weighted by Gasteiger charge is 2.47. The summed E-state index contributed by atoms with van der Waals surface area (Å²) in [5.41, 5.74) is 0.539. The smallest absolute Gasteiger partial charge is 0.316 e. The number of esters is 1. The van der Waals surface area contributed by atoms with Crippen molar-refractivity contribution in [2.24, 2.45) is 0 Å². The normalized spacial score (nSPS) is 17.6. The molecule has 17 heavy (non-hydrogen) atoms. The molecule has 3 heteroatoms. The van der Waals surface area contributed by atoms with Crippen LogP contribution in [0.1, 0.15) is 38.7 Å². The molecule has 0 N–H and O–H groups in total. The highest BCUT2D eigenvalue weighted by molar-refractivity contribution is 6.30. The van der Waals surface area contributed by atoms with Gasteiger partial charge in [0.2, 0.25) is 0 Å². The second kappa shape index (κ2) is 4.69. The van der Waals surface area contributed by atoms with E-state index >= 15 is 0 Å². The van der Waals surface area contributed by atoms with Crippen LogP contribution in [-0.2, 0) is 14.9 Å². The Bertz CT molecular complexity index is 422. The Morgan fingerprint density at radius 1 is 1.41 bits per heavy atom. The number of rotatable bonds is 3. The van der Waals surface area contributed by atoms with Crippen LogP contribution >= 0.6 is 11.6 Å². The van der Waals surface area contributed by atoms with E-state index < -0.39 is 5.41 Å². The molecular weight excluding hydrogens is 236 g/mol. The second-order valence-corrected chi connectivity index (χ2v) is 5.34. The van der Waals surface area contributed by atoms with E-state index in [0.717, 1.165) is 24.8 Å². The van der Waals surface area contributed by atoms with Crippen molar-refractivity contribution >= 4 is 17.6 Å². The third-order valence-corrected chi connectivity index (χ3v) is 3.55. The number of carbonyl (C=O) groups is 1. The van der Waals surface area contributed by atoms with Crippen molar-refractivity contribution in [3.63, 3.8) is 0 Å². The molecule has 0 aromatic heterocycles. The van der Waals surface area contributed by atoms with Gasteiger partial charge in [-0.3, -0.25) is 4.79 Å². The topological polar surface area (TPSA) is 26.3 Å². The maximum Gasteiger partial charge on any atom is 0.316 e. The van der Waals surface area contributed by atoms with Crippen LogP contribution in [0.2, 0.25) is 5.02 Å². The second-order valence-electron chi connectivity index (χ2n) is 4.90. The quantitative estimate of drug-likeness (QED) is 0.767. The van der Waals surface area contributed by atoms with Crippen LogP contribution in [-0.4, -0.2) is 12.1 Å². The SMILES string of the molecule is CC(C)OC(=O)C1(c2cccc(Cl)c2)CCC1. The zero-order valence-electron chi connectivity index (χ0n) is 10.2. The molecule has 0 atom stereocenters. The van der Waals surface area contributed by atoms with Gasteiger partial charge in [0.15, 0.2) is 0 Å². The molecule has 0 saturated heterocycles. The van der Waals surface area contributed by atoms with Gasteiger partial charge in [-0.05, 0) is 44.4 Å². The van der Waals surface area contributed by atoms with Gasteiger partial charge in [0.1, 0.15) is 0 Å². The monoisotopic (exact) mass is 252 g/mol. The molecule has 0 radical (unpaired) electrons. The largest absolute Gasteiger partial charge is 0.462 e. The molecule has 1 saturated carbocycles. The molecule has 2 nitrogen and oxygen atoms in total. The highest BCUT2D eigenvalue weighted by atomic mass is 35.5. The first-order valence-corrected chi connectivity index (χ1v) is 6.39. The lowest BCUT2D eigenvalue weighted by molar-refractivity contribution is -0.158. The first kappa shape index (κ1) is 12.4. The molecule has 1 aromatic rings. The van der Waals surface area contributed by atoms with Gasteiger partial charge in [-0.15, -0.1) is 0 Å². The maximum atomic E-state index is 12.2. The molecule has 1 aliphatic rings. The summed E-state index contributed by atoms with van der Waals surface area (Å²) in [5, 5.41) is 0.672. The Morgan fingerprint density at radius 3 is 2.59 bits per heavy atom. The first-order valence-electron chi connectivity index (χ1n) is 6.02. The van der Waals surface area contributed by atoms with Gasteiger partial charge < -0.3 is 4.74 Å². The van der Waals surface area contributed by atoms with Gasteiger partial charge in [0.05, 0.1) is 11.5 Å². The Kier molecular flexibility index (Phi) is 3.43. The van der Waals surface area contributed by atoms with Crippen molar-refractivity contribution in [1.82, 2.24) is 0 Å². The lowest BCUT2D eigenvalue weighted by atomic mass is 9.64. The summed E-state index contributed by atoms with van der Waals surface area (Å²) >= 11 is 5.99. The van der Waals surface area contributed by atoms with Gasteiger partial charge in [0, 0.05) is 5.02 Å². The summed E-state index contributed by atoms with van der Waals surface area (Å²) in [6.45, 7) is 3.75. The molecule has 0 heterocycles. The van der Waals surface area contributed by atoms with Crippen LogP contribution in [0.15, 0.2) is 24.3 Å². The summed E-state index contributed by atoms with van der Waals surface area (Å²) in [4.78, 5) is 12.2. The van der Waals surface area contributed by atoms with Gasteiger partial charge in [-0.25, -0.2) is 0 Å². The minimum atomic E-state index is -0.449. The molecule has 1 aromatic carbocycles. The average Bonchev–Trinajstić information content (AvgIpc) is 2.14. The molecule has 2 rings (SSSR count). The fraction of sp³-hybridized carbons (Fsp3) is 0.500. The highest BCUT2D eigenvalue weighted by Crippen LogP contribution is 2.45. The number of hydrogen-bond acceptors (Lipinski definition) is 2. The summed E-state index contributed by atoms with van der Waals surface area (Å²) in [6, 6.07) is 7.56. The van der Waals surface area contributed by atoms with E-state index in [-0.39, 0.29) is 12.1 Å². The van der Waals surface area contributed by atoms with E-state index in [9.17, 15) is 4.79 Å². The standard InChI is InChI=1S/C14H17ClO2/c1-10(2)17-13(16)14(7-4-8-14)11-5-3-6-12(15)9-11/h3,5-6,9-10H,4,7-8H2,1-2H3. The summed E-state index contributed by atoms with van der Waals surface area (Å²) in [5.74, 6) is -0.110. The minimum Gasteiger partial charge on any atom is -0.462 e. The van der Waals surface area contributed by atoms with Crippen LogP contribution in [0, 0.1) is 0 Å². The van der Waals surface area contributed by atoms with Gasteiger partial charge in [-0.2, -0.15) is 0 Å². The first-order chi connectivity index (χ1) is 8.04. The third-order valence-electron chi connectivity index (χ3n) is 3.32. The summed E-state index contributed by atoms with van der Waals surface area (Å²) in [7, 11) is 0. The van der Waals surface area contributed by atoms with Crippen LogP contribution in [0.5, 0.6) is 0 Å². The number of benzene rings is 1.